The number of rotatable bonds is 5. The number of nitrogens with zero attached hydrogens (tertiary/aromatic N) is 7. The second kappa shape index (κ2) is 9.69. The summed E-state index contributed by atoms with van der Waals surface area (Å²) >= 11 is 0. The van der Waals surface area contributed by atoms with E-state index in [1.807, 2.05) is 9.42 Å². The van der Waals surface area contributed by atoms with Crippen LogP contribution < -0.4 is 4.90 Å². The van der Waals surface area contributed by atoms with E-state index >= 15 is 0 Å². The van der Waals surface area contributed by atoms with E-state index in [-0.39, 0.29) is 17.9 Å². The van der Waals surface area contributed by atoms with Gasteiger partial charge in [-0.05, 0) is 75.9 Å². The van der Waals surface area contributed by atoms with Crippen LogP contribution in [0.2, 0.25) is 0 Å². The maximum atomic E-state index is 12.9. The molecule has 0 aromatic carbocycles. The van der Waals surface area contributed by atoms with Gasteiger partial charge in [0, 0.05) is 43.0 Å². The number of aromatic nitrogens is 5. The molecule has 0 radical (unpaired) electrons. The van der Waals surface area contributed by atoms with E-state index in [4.69, 9.17) is 4.98 Å². The summed E-state index contributed by atoms with van der Waals surface area (Å²) in [6.45, 7) is 15.8. The first-order valence-corrected chi connectivity index (χ1v) is 13.9. The number of anilines is 1. The molecule has 9 nitrogen and oxygen atoms in total. The molecule has 2 saturated heterocycles. The number of aryl methyl sites for hydroxylation is 1. The van der Waals surface area contributed by atoms with Gasteiger partial charge < -0.3 is 14.8 Å². The zero-order chi connectivity index (χ0) is 26.6. The summed E-state index contributed by atoms with van der Waals surface area (Å²) in [5.41, 5.74) is 8.72. The molecule has 1 atom stereocenters. The fourth-order valence-electron chi connectivity index (χ4n) is 6.22. The zero-order valence-corrected chi connectivity index (χ0v) is 23.2. The molecular formula is C29H38N8O. The topological polar surface area (TPSA) is 85.7 Å². The monoisotopic (exact) mass is 514 g/mol. The Labute approximate surface area is 223 Å². The Morgan fingerprint density at radius 3 is 2.63 bits per heavy atom. The minimum absolute atomic E-state index is 0.205. The number of piperazine rings is 1. The van der Waals surface area contributed by atoms with Crippen molar-refractivity contribution in [2.24, 2.45) is 0 Å². The predicted molar refractivity (Wildman–Crippen MR) is 151 cm³/mol. The highest BCUT2D eigenvalue weighted by Crippen LogP contribution is 2.38. The summed E-state index contributed by atoms with van der Waals surface area (Å²) in [4.78, 5) is 32.9. The molecule has 2 aliphatic heterocycles. The molecule has 9 heteroatoms. The van der Waals surface area contributed by atoms with Crippen LogP contribution in [0.3, 0.4) is 0 Å². The molecule has 0 bridgehead atoms. The number of H-pyrrole nitrogens is 1. The minimum Gasteiger partial charge on any atom is -0.353 e. The van der Waals surface area contributed by atoms with E-state index in [0.717, 1.165) is 72.0 Å². The summed E-state index contributed by atoms with van der Waals surface area (Å²) in [5.74, 6) is 1.52. The normalized spacial score (nSPS) is 18.9. The number of aromatic amines is 1. The van der Waals surface area contributed by atoms with E-state index in [2.05, 4.69) is 77.8 Å². The highest BCUT2D eigenvalue weighted by molar-refractivity contribution is 5.90. The molecule has 1 N–H and O–H groups in total. The summed E-state index contributed by atoms with van der Waals surface area (Å²) in [6.07, 6.45) is 6.09. The van der Waals surface area contributed by atoms with Crippen LogP contribution in [-0.4, -0.2) is 85.6 Å². The number of hydrogen-bond donors (Lipinski definition) is 1. The number of hydrogen-bond acceptors (Lipinski definition) is 6. The quantitative estimate of drug-likeness (QED) is 0.431. The molecule has 0 spiro atoms. The Bertz CT molecular complexity index is 1500. The van der Waals surface area contributed by atoms with Crippen molar-refractivity contribution in [3.63, 3.8) is 0 Å². The largest absolute Gasteiger partial charge is 0.353 e. The average Bonchev–Trinajstić information content (AvgIpc) is 3.65. The molecule has 38 heavy (non-hydrogen) atoms. The van der Waals surface area contributed by atoms with Crippen molar-refractivity contribution in [1.82, 2.24) is 34.4 Å². The third kappa shape index (κ3) is 4.22. The second-order valence-corrected chi connectivity index (χ2v) is 11.3. The van der Waals surface area contributed by atoms with E-state index in [0.29, 0.717) is 6.54 Å². The summed E-state index contributed by atoms with van der Waals surface area (Å²) in [6, 6.07) is 4.47. The van der Waals surface area contributed by atoms with Gasteiger partial charge in [0.05, 0.1) is 23.3 Å². The number of nitrogens with one attached hydrogen (secondary N) is 1. The molecule has 0 aliphatic carbocycles. The number of likely N-dealkylation sites (tertiary alicyclic amines) is 1. The van der Waals surface area contributed by atoms with Crippen LogP contribution in [0.25, 0.3) is 27.9 Å². The van der Waals surface area contributed by atoms with Crippen LogP contribution in [0, 0.1) is 13.8 Å². The summed E-state index contributed by atoms with van der Waals surface area (Å²) in [5, 5.41) is 4.40. The van der Waals surface area contributed by atoms with Gasteiger partial charge in [-0.15, -0.1) is 0 Å². The number of fused-ring (bicyclic) bond motifs is 2. The lowest BCUT2D eigenvalue weighted by Crippen LogP contribution is -2.55. The molecule has 200 valence electrons. The number of pyridine rings is 2. The van der Waals surface area contributed by atoms with Crippen LogP contribution in [-0.2, 0) is 4.79 Å². The average molecular weight is 515 g/mol. The van der Waals surface area contributed by atoms with Crippen molar-refractivity contribution in [3.8, 4) is 11.3 Å². The molecular weight excluding hydrogens is 476 g/mol. The van der Waals surface area contributed by atoms with Gasteiger partial charge in [-0.2, -0.15) is 5.10 Å². The van der Waals surface area contributed by atoms with Crippen molar-refractivity contribution in [1.29, 1.82) is 0 Å². The van der Waals surface area contributed by atoms with Crippen molar-refractivity contribution in [3.05, 3.63) is 41.3 Å². The van der Waals surface area contributed by atoms with Gasteiger partial charge >= 0.3 is 0 Å². The lowest BCUT2D eigenvalue weighted by atomic mass is 9.95. The molecule has 4 aromatic heterocycles. The predicted octanol–water partition coefficient (Wildman–Crippen LogP) is 4.15. The van der Waals surface area contributed by atoms with Gasteiger partial charge in [-0.25, -0.2) is 14.5 Å². The highest BCUT2D eigenvalue weighted by Gasteiger charge is 2.29. The number of carbonyl (C=O) groups is 1. The molecule has 4 aromatic rings. The number of carbonyl (C=O) groups excluding carboxylic acids is 1. The summed E-state index contributed by atoms with van der Waals surface area (Å²) < 4.78 is 1.86. The van der Waals surface area contributed by atoms with Gasteiger partial charge in [0.2, 0.25) is 5.91 Å². The van der Waals surface area contributed by atoms with Gasteiger partial charge in [0.15, 0.2) is 5.65 Å². The van der Waals surface area contributed by atoms with Crippen molar-refractivity contribution in [2.45, 2.75) is 59.4 Å². The summed E-state index contributed by atoms with van der Waals surface area (Å²) in [7, 11) is 0. The van der Waals surface area contributed by atoms with E-state index in [1.54, 1.807) is 6.33 Å². The molecule has 1 amide bonds. The molecule has 6 rings (SSSR count). The lowest BCUT2D eigenvalue weighted by Gasteiger charge is -2.41. The zero-order valence-electron chi connectivity index (χ0n) is 23.2. The Hall–Kier alpha value is -3.46. The first kappa shape index (κ1) is 24.9. The molecule has 0 saturated carbocycles. The molecule has 0 unspecified atom stereocenters. The second-order valence-electron chi connectivity index (χ2n) is 11.3. The van der Waals surface area contributed by atoms with E-state index in [9.17, 15) is 4.79 Å². The van der Waals surface area contributed by atoms with Gasteiger partial charge in [0.1, 0.15) is 12.1 Å². The van der Waals surface area contributed by atoms with Gasteiger partial charge in [-0.3, -0.25) is 9.69 Å². The molecule has 6 heterocycles. The van der Waals surface area contributed by atoms with Crippen molar-refractivity contribution < 1.29 is 4.79 Å². The Morgan fingerprint density at radius 2 is 1.89 bits per heavy atom. The van der Waals surface area contributed by atoms with Gasteiger partial charge in [-0.1, -0.05) is 13.8 Å². The first-order chi connectivity index (χ1) is 18.3. The maximum absolute atomic E-state index is 12.9. The minimum atomic E-state index is 0.205. The Balaban J connectivity index is 1.31. The SMILES string of the molecule is Cc1c(-c2[nH]c3ccc(N4CCN(C(=O)CN5CCCC5)C[C@@H]4C)nc3c2C(C)C)cn2ncnc2c1C. The third-order valence-corrected chi connectivity index (χ3v) is 8.47. The fraction of sp³-hybridized carbons (Fsp3) is 0.517. The highest BCUT2D eigenvalue weighted by atomic mass is 16.2. The Morgan fingerprint density at radius 1 is 1.11 bits per heavy atom. The van der Waals surface area contributed by atoms with Crippen LogP contribution in [0.15, 0.2) is 24.7 Å². The number of amides is 1. The third-order valence-electron chi connectivity index (χ3n) is 8.47. The fourth-order valence-corrected chi connectivity index (χ4v) is 6.22. The van der Waals surface area contributed by atoms with Crippen LogP contribution in [0.5, 0.6) is 0 Å². The van der Waals surface area contributed by atoms with Gasteiger partial charge in [0.25, 0.3) is 0 Å². The van der Waals surface area contributed by atoms with Crippen LogP contribution >= 0.6 is 0 Å². The first-order valence-electron chi connectivity index (χ1n) is 13.9. The molecule has 2 aliphatic rings. The van der Waals surface area contributed by atoms with Crippen molar-refractivity contribution >= 4 is 28.4 Å². The maximum Gasteiger partial charge on any atom is 0.236 e. The van der Waals surface area contributed by atoms with Crippen LogP contribution in [0.1, 0.15) is 56.2 Å². The Kier molecular flexibility index (Phi) is 6.34. The van der Waals surface area contributed by atoms with E-state index < -0.39 is 0 Å². The standard InChI is InChI=1S/C29H38N8O/c1-18(2)26-27(22-15-37-29(30-17-31-37)21(5)20(22)4)32-23-8-9-24(33-28(23)26)36-13-12-35(14-19(36)3)25(38)16-34-10-6-7-11-34/h8-9,15,17-19,32H,6-7,10-14,16H2,1-5H3/t19-/m0/s1. The smallest absolute Gasteiger partial charge is 0.236 e. The van der Waals surface area contributed by atoms with Crippen LogP contribution in [0.4, 0.5) is 5.82 Å². The van der Waals surface area contributed by atoms with Crippen molar-refractivity contribution in [2.75, 3.05) is 44.2 Å². The lowest BCUT2D eigenvalue weighted by molar-refractivity contribution is -0.132. The van der Waals surface area contributed by atoms with E-state index in [1.165, 1.54) is 24.0 Å². The molecule has 2 fully saturated rings.